The molecule has 2 aromatic carbocycles. The largest absolute Gasteiger partial charge is 0.298 e. The summed E-state index contributed by atoms with van der Waals surface area (Å²) >= 11 is 7.26. The van der Waals surface area contributed by atoms with E-state index in [1.807, 2.05) is 17.5 Å². The first-order valence-electron chi connectivity index (χ1n) is 7.79. The standard InChI is InChI=1S/C20H17ClN2OS/c1-13-3-4-14(2)17(11-13)18-12-25-20(22-18)23-19(24)10-7-15-5-8-16(21)9-6-15/h3-12H,1-2H3,(H,22,23,24). The fraction of sp³-hybridized carbons (Fsp3) is 0.100. The number of benzene rings is 2. The van der Waals surface area contributed by atoms with Crippen LogP contribution in [0.25, 0.3) is 17.3 Å². The Bertz CT molecular complexity index is 929. The second kappa shape index (κ2) is 7.64. The van der Waals surface area contributed by atoms with E-state index in [9.17, 15) is 4.79 Å². The van der Waals surface area contributed by atoms with Crippen LogP contribution in [0.4, 0.5) is 5.13 Å². The molecule has 0 unspecified atom stereocenters. The van der Waals surface area contributed by atoms with E-state index in [0.717, 1.165) is 22.4 Å². The van der Waals surface area contributed by atoms with E-state index in [2.05, 4.69) is 42.3 Å². The molecular weight excluding hydrogens is 352 g/mol. The van der Waals surface area contributed by atoms with E-state index in [0.29, 0.717) is 10.2 Å². The van der Waals surface area contributed by atoms with Crippen molar-refractivity contribution in [1.29, 1.82) is 0 Å². The van der Waals surface area contributed by atoms with Crippen molar-refractivity contribution in [3.05, 3.63) is 75.6 Å². The highest BCUT2D eigenvalue weighted by molar-refractivity contribution is 7.14. The number of aryl methyl sites for hydroxylation is 2. The quantitative estimate of drug-likeness (QED) is 0.597. The van der Waals surface area contributed by atoms with Crippen LogP contribution in [0.1, 0.15) is 16.7 Å². The topological polar surface area (TPSA) is 42.0 Å². The Labute approximate surface area is 156 Å². The zero-order chi connectivity index (χ0) is 17.8. The number of thiazole rings is 1. The van der Waals surface area contributed by atoms with Crippen molar-refractivity contribution in [2.45, 2.75) is 13.8 Å². The zero-order valence-electron chi connectivity index (χ0n) is 13.9. The summed E-state index contributed by atoms with van der Waals surface area (Å²) in [6, 6.07) is 13.6. The van der Waals surface area contributed by atoms with E-state index in [1.165, 1.54) is 23.0 Å². The number of rotatable bonds is 4. The van der Waals surface area contributed by atoms with Crippen LogP contribution >= 0.6 is 22.9 Å². The van der Waals surface area contributed by atoms with Gasteiger partial charge in [0.2, 0.25) is 5.91 Å². The second-order valence-electron chi connectivity index (χ2n) is 5.73. The van der Waals surface area contributed by atoms with Gasteiger partial charge in [0.05, 0.1) is 5.69 Å². The van der Waals surface area contributed by atoms with Crippen molar-refractivity contribution in [2.24, 2.45) is 0 Å². The Balaban J connectivity index is 1.69. The van der Waals surface area contributed by atoms with Crippen LogP contribution in [0, 0.1) is 13.8 Å². The van der Waals surface area contributed by atoms with E-state index >= 15 is 0 Å². The molecule has 126 valence electrons. The number of carbonyl (C=O) groups excluding carboxylic acids is 1. The molecule has 3 nitrogen and oxygen atoms in total. The Kier molecular flexibility index (Phi) is 5.31. The molecule has 1 aromatic heterocycles. The maximum absolute atomic E-state index is 12.1. The average molecular weight is 369 g/mol. The summed E-state index contributed by atoms with van der Waals surface area (Å²) in [5, 5.41) is 6.02. The zero-order valence-corrected chi connectivity index (χ0v) is 15.5. The molecule has 0 aliphatic rings. The lowest BCUT2D eigenvalue weighted by atomic mass is 10.0. The van der Waals surface area contributed by atoms with Gasteiger partial charge in [-0.25, -0.2) is 4.98 Å². The van der Waals surface area contributed by atoms with Crippen LogP contribution in [0.2, 0.25) is 5.02 Å². The molecule has 1 amide bonds. The van der Waals surface area contributed by atoms with Gasteiger partial charge in [-0.2, -0.15) is 0 Å². The molecule has 0 atom stereocenters. The van der Waals surface area contributed by atoms with Crippen molar-refractivity contribution in [1.82, 2.24) is 4.98 Å². The fourth-order valence-electron chi connectivity index (χ4n) is 2.36. The van der Waals surface area contributed by atoms with E-state index < -0.39 is 0 Å². The molecule has 25 heavy (non-hydrogen) atoms. The molecule has 1 heterocycles. The first-order chi connectivity index (χ1) is 12.0. The molecule has 0 aliphatic heterocycles. The molecule has 3 rings (SSSR count). The first-order valence-corrected chi connectivity index (χ1v) is 9.05. The lowest BCUT2D eigenvalue weighted by molar-refractivity contribution is -0.111. The molecular formula is C20H17ClN2OS. The van der Waals surface area contributed by atoms with E-state index in [-0.39, 0.29) is 5.91 Å². The number of amides is 1. The van der Waals surface area contributed by atoms with Crippen molar-refractivity contribution in [3.63, 3.8) is 0 Å². The van der Waals surface area contributed by atoms with Gasteiger partial charge in [-0.1, -0.05) is 41.4 Å². The average Bonchev–Trinajstić information content (AvgIpc) is 3.05. The number of halogens is 1. The highest BCUT2D eigenvalue weighted by Crippen LogP contribution is 2.28. The minimum atomic E-state index is -0.211. The molecule has 0 saturated carbocycles. The summed E-state index contributed by atoms with van der Waals surface area (Å²) in [6.07, 6.45) is 3.23. The van der Waals surface area contributed by atoms with Gasteiger partial charge in [0.25, 0.3) is 0 Å². The minimum absolute atomic E-state index is 0.211. The van der Waals surface area contributed by atoms with Gasteiger partial charge in [0.1, 0.15) is 0 Å². The molecule has 0 bridgehead atoms. The predicted molar refractivity (Wildman–Crippen MR) is 106 cm³/mol. The maximum atomic E-state index is 12.1. The van der Waals surface area contributed by atoms with Gasteiger partial charge in [-0.05, 0) is 49.2 Å². The van der Waals surface area contributed by atoms with E-state index in [1.54, 1.807) is 18.2 Å². The SMILES string of the molecule is Cc1ccc(C)c(-c2csc(NC(=O)C=Cc3ccc(Cl)cc3)n2)c1. The van der Waals surface area contributed by atoms with Crippen molar-refractivity contribution < 1.29 is 4.79 Å². The lowest BCUT2D eigenvalue weighted by Gasteiger charge is -2.03. The maximum Gasteiger partial charge on any atom is 0.250 e. The Morgan fingerprint density at radius 1 is 1.16 bits per heavy atom. The number of carbonyl (C=O) groups is 1. The number of anilines is 1. The Morgan fingerprint density at radius 3 is 2.68 bits per heavy atom. The fourth-order valence-corrected chi connectivity index (χ4v) is 3.20. The molecule has 0 spiro atoms. The summed E-state index contributed by atoms with van der Waals surface area (Å²) < 4.78 is 0. The molecule has 1 N–H and O–H groups in total. The third-order valence-electron chi connectivity index (χ3n) is 3.70. The molecule has 0 saturated heterocycles. The molecule has 0 fully saturated rings. The highest BCUT2D eigenvalue weighted by Gasteiger charge is 2.09. The summed E-state index contributed by atoms with van der Waals surface area (Å²) in [5.41, 5.74) is 5.23. The highest BCUT2D eigenvalue weighted by atomic mass is 35.5. The van der Waals surface area contributed by atoms with Gasteiger partial charge in [-0.15, -0.1) is 11.3 Å². The summed E-state index contributed by atoms with van der Waals surface area (Å²) in [5.74, 6) is -0.211. The second-order valence-corrected chi connectivity index (χ2v) is 7.02. The van der Waals surface area contributed by atoms with Crippen LogP contribution in [0.3, 0.4) is 0 Å². The molecule has 3 aromatic rings. The van der Waals surface area contributed by atoms with Crippen LogP contribution in [0.15, 0.2) is 53.9 Å². The Morgan fingerprint density at radius 2 is 1.92 bits per heavy atom. The van der Waals surface area contributed by atoms with Gasteiger partial charge >= 0.3 is 0 Å². The minimum Gasteiger partial charge on any atom is -0.298 e. The summed E-state index contributed by atoms with van der Waals surface area (Å²) in [6.45, 7) is 4.11. The lowest BCUT2D eigenvalue weighted by Crippen LogP contribution is -2.07. The third-order valence-corrected chi connectivity index (χ3v) is 4.71. The number of hydrogen-bond acceptors (Lipinski definition) is 3. The van der Waals surface area contributed by atoms with Gasteiger partial charge in [-0.3, -0.25) is 10.1 Å². The van der Waals surface area contributed by atoms with Gasteiger partial charge in [0, 0.05) is 22.0 Å². The third kappa shape index (κ3) is 4.56. The normalized spacial score (nSPS) is 11.0. The first kappa shape index (κ1) is 17.4. The van der Waals surface area contributed by atoms with Crippen molar-refractivity contribution >= 4 is 40.1 Å². The number of aromatic nitrogens is 1. The van der Waals surface area contributed by atoms with Crippen molar-refractivity contribution in [2.75, 3.05) is 5.32 Å². The predicted octanol–water partition coefficient (Wildman–Crippen LogP) is 5.73. The number of hydrogen-bond donors (Lipinski definition) is 1. The van der Waals surface area contributed by atoms with Gasteiger partial charge in [0.15, 0.2) is 5.13 Å². The summed E-state index contributed by atoms with van der Waals surface area (Å²) in [7, 11) is 0. The van der Waals surface area contributed by atoms with Gasteiger partial charge < -0.3 is 0 Å². The molecule has 0 aliphatic carbocycles. The Hall–Kier alpha value is -2.43. The smallest absolute Gasteiger partial charge is 0.250 e. The van der Waals surface area contributed by atoms with Crippen molar-refractivity contribution in [3.8, 4) is 11.3 Å². The number of nitrogens with zero attached hydrogens (tertiary/aromatic N) is 1. The van der Waals surface area contributed by atoms with Crippen LogP contribution in [-0.2, 0) is 4.79 Å². The molecule has 0 radical (unpaired) electrons. The van der Waals surface area contributed by atoms with Crippen LogP contribution in [-0.4, -0.2) is 10.9 Å². The van der Waals surface area contributed by atoms with E-state index in [4.69, 9.17) is 11.6 Å². The van der Waals surface area contributed by atoms with Crippen LogP contribution < -0.4 is 5.32 Å². The number of nitrogens with one attached hydrogen (secondary N) is 1. The summed E-state index contributed by atoms with van der Waals surface area (Å²) in [4.78, 5) is 16.6. The van der Waals surface area contributed by atoms with Crippen LogP contribution in [0.5, 0.6) is 0 Å². The molecule has 5 heteroatoms. The monoisotopic (exact) mass is 368 g/mol.